The Hall–Kier alpha value is -4.07. The van der Waals surface area contributed by atoms with Gasteiger partial charge in [-0.2, -0.15) is 28.4 Å². The average Bonchev–Trinajstić information content (AvgIpc) is 3.08. The number of halogens is 3. The molecule has 4 rings (SSSR count). The summed E-state index contributed by atoms with van der Waals surface area (Å²) >= 11 is 0. The summed E-state index contributed by atoms with van der Waals surface area (Å²) in [4.78, 5) is 14.5. The van der Waals surface area contributed by atoms with Crippen LogP contribution < -0.4 is 19.7 Å². The molecule has 1 N–H and O–H groups in total. The van der Waals surface area contributed by atoms with Crippen LogP contribution in [0, 0.1) is 11.3 Å². The number of pyridine rings is 1. The van der Waals surface area contributed by atoms with Gasteiger partial charge in [0.05, 0.1) is 6.54 Å². The van der Waals surface area contributed by atoms with E-state index in [4.69, 9.17) is 9.47 Å². The highest BCUT2D eigenvalue weighted by Gasteiger charge is 2.31. The molecule has 11 heteroatoms. The van der Waals surface area contributed by atoms with E-state index in [1.807, 2.05) is 23.1 Å². The standard InChI is InChI=1S/C24H23F3N6O2/c25-24(26,27)16-35-22-19(15-28)21(33-12-8-17-5-1-2-6-18(17)9-13-33)31-23(32-22)30-11-14-34-20-7-3-4-10-29-20/h1-7,10H,8-9,11-14,16H2,(H,30,31,32). The number of nitrogens with one attached hydrogen (secondary N) is 1. The van der Waals surface area contributed by atoms with E-state index in [1.165, 1.54) is 11.1 Å². The molecule has 1 aliphatic rings. The summed E-state index contributed by atoms with van der Waals surface area (Å²) in [6.45, 7) is -0.00136. The molecule has 182 valence electrons. The summed E-state index contributed by atoms with van der Waals surface area (Å²) in [6.07, 6.45) is -1.55. The van der Waals surface area contributed by atoms with Crippen molar-refractivity contribution >= 4 is 11.8 Å². The van der Waals surface area contributed by atoms with E-state index in [1.54, 1.807) is 24.4 Å². The van der Waals surface area contributed by atoms with E-state index in [2.05, 4.69) is 32.4 Å². The second kappa shape index (κ2) is 10.9. The van der Waals surface area contributed by atoms with Crippen LogP contribution in [0.15, 0.2) is 48.7 Å². The number of nitriles is 1. The highest BCUT2D eigenvalue weighted by atomic mass is 19.4. The summed E-state index contributed by atoms with van der Waals surface area (Å²) in [7, 11) is 0. The Labute approximate surface area is 200 Å². The molecule has 1 aromatic carbocycles. The van der Waals surface area contributed by atoms with Gasteiger partial charge < -0.3 is 19.7 Å². The molecule has 8 nitrogen and oxygen atoms in total. The number of hydrogen-bond donors (Lipinski definition) is 1. The zero-order valence-corrected chi connectivity index (χ0v) is 18.8. The third-order valence-corrected chi connectivity index (χ3v) is 5.33. The van der Waals surface area contributed by atoms with Crippen molar-refractivity contribution in [2.24, 2.45) is 0 Å². The van der Waals surface area contributed by atoms with Gasteiger partial charge in [-0.05, 0) is 30.0 Å². The van der Waals surface area contributed by atoms with Gasteiger partial charge in [0, 0.05) is 25.4 Å². The second-order valence-electron chi connectivity index (χ2n) is 7.77. The molecule has 0 aliphatic carbocycles. The Morgan fingerprint density at radius 1 is 1.00 bits per heavy atom. The van der Waals surface area contributed by atoms with Crippen LogP contribution in [-0.2, 0) is 12.8 Å². The van der Waals surface area contributed by atoms with E-state index >= 15 is 0 Å². The van der Waals surface area contributed by atoms with Crippen molar-refractivity contribution in [3.63, 3.8) is 0 Å². The number of benzene rings is 1. The van der Waals surface area contributed by atoms with Gasteiger partial charge in [0.25, 0.3) is 0 Å². The van der Waals surface area contributed by atoms with Crippen LogP contribution in [0.1, 0.15) is 16.7 Å². The van der Waals surface area contributed by atoms with Gasteiger partial charge >= 0.3 is 6.18 Å². The van der Waals surface area contributed by atoms with E-state index in [-0.39, 0.29) is 30.5 Å². The van der Waals surface area contributed by atoms with Gasteiger partial charge in [0.15, 0.2) is 18.0 Å². The van der Waals surface area contributed by atoms with Gasteiger partial charge in [0.1, 0.15) is 12.7 Å². The average molecular weight is 484 g/mol. The maximum atomic E-state index is 12.8. The lowest BCUT2D eigenvalue weighted by Gasteiger charge is -2.24. The van der Waals surface area contributed by atoms with E-state index in [0.29, 0.717) is 31.8 Å². The molecule has 0 radical (unpaired) electrons. The summed E-state index contributed by atoms with van der Waals surface area (Å²) in [5.74, 6) is 0.307. The second-order valence-corrected chi connectivity index (χ2v) is 7.77. The molecule has 0 unspecified atom stereocenters. The lowest BCUT2D eigenvalue weighted by Crippen LogP contribution is -2.29. The van der Waals surface area contributed by atoms with Crippen LogP contribution in [0.5, 0.6) is 11.8 Å². The molecule has 0 spiro atoms. The normalized spacial score (nSPS) is 13.4. The van der Waals surface area contributed by atoms with Crippen LogP contribution in [0.2, 0.25) is 0 Å². The van der Waals surface area contributed by atoms with Crippen LogP contribution in [-0.4, -0.2) is 54.0 Å². The molecule has 0 bridgehead atoms. The van der Waals surface area contributed by atoms with Crippen molar-refractivity contribution in [2.45, 2.75) is 19.0 Å². The number of aromatic nitrogens is 3. The van der Waals surface area contributed by atoms with Crippen molar-refractivity contribution in [1.29, 1.82) is 5.26 Å². The summed E-state index contributed by atoms with van der Waals surface area (Å²) in [5, 5.41) is 12.7. The van der Waals surface area contributed by atoms with Crippen molar-refractivity contribution in [1.82, 2.24) is 15.0 Å². The van der Waals surface area contributed by atoms with Crippen LogP contribution in [0.25, 0.3) is 0 Å². The molecular formula is C24H23F3N6O2. The first-order chi connectivity index (χ1) is 16.9. The van der Waals surface area contributed by atoms with Gasteiger partial charge in [-0.15, -0.1) is 0 Å². The first kappa shape index (κ1) is 24.1. The Morgan fingerprint density at radius 3 is 2.34 bits per heavy atom. The summed E-state index contributed by atoms with van der Waals surface area (Å²) in [6, 6.07) is 15.2. The number of nitrogens with zero attached hydrogens (tertiary/aromatic N) is 5. The summed E-state index contributed by atoms with van der Waals surface area (Å²) in [5.41, 5.74) is 2.26. The van der Waals surface area contributed by atoms with Gasteiger partial charge in [-0.25, -0.2) is 4.98 Å². The number of fused-ring (bicyclic) bond motifs is 1. The minimum Gasteiger partial charge on any atom is -0.476 e. The molecule has 2 aromatic heterocycles. The van der Waals surface area contributed by atoms with E-state index in [0.717, 1.165) is 0 Å². The third-order valence-electron chi connectivity index (χ3n) is 5.33. The fraction of sp³-hybridized carbons (Fsp3) is 0.333. The number of anilines is 2. The quantitative estimate of drug-likeness (QED) is 0.483. The maximum absolute atomic E-state index is 12.8. The smallest absolute Gasteiger partial charge is 0.422 e. The van der Waals surface area contributed by atoms with Gasteiger partial charge in [-0.3, -0.25) is 0 Å². The van der Waals surface area contributed by atoms with Crippen LogP contribution in [0.3, 0.4) is 0 Å². The van der Waals surface area contributed by atoms with Crippen molar-refractivity contribution in [2.75, 3.05) is 43.1 Å². The lowest BCUT2D eigenvalue weighted by atomic mass is 10.0. The molecule has 35 heavy (non-hydrogen) atoms. The van der Waals surface area contributed by atoms with E-state index < -0.39 is 18.7 Å². The minimum absolute atomic E-state index is 0.0440. The Kier molecular flexibility index (Phi) is 7.50. The number of hydrogen-bond acceptors (Lipinski definition) is 8. The number of alkyl halides is 3. The van der Waals surface area contributed by atoms with Crippen molar-refractivity contribution in [3.8, 4) is 17.8 Å². The topological polar surface area (TPSA) is 96.2 Å². The molecule has 0 fully saturated rings. The Morgan fingerprint density at radius 2 is 1.71 bits per heavy atom. The monoisotopic (exact) mass is 484 g/mol. The zero-order valence-electron chi connectivity index (χ0n) is 18.8. The molecule has 0 amide bonds. The van der Waals surface area contributed by atoms with Crippen LogP contribution in [0.4, 0.5) is 24.9 Å². The molecule has 1 aliphatic heterocycles. The number of ether oxygens (including phenoxy) is 2. The molecule has 3 heterocycles. The van der Waals surface area contributed by atoms with E-state index in [9.17, 15) is 18.4 Å². The fourth-order valence-electron chi connectivity index (χ4n) is 3.72. The fourth-order valence-corrected chi connectivity index (χ4v) is 3.72. The third kappa shape index (κ3) is 6.50. The minimum atomic E-state index is -4.58. The zero-order chi connectivity index (χ0) is 24.7. The van der Waals surface area contributed by atoms with Crippen molar-refractivity contribution < 1.29 is 22.6 Å². The SMILES string of the molecule is N#Cc1c(OCC(F)(F)F)nc(NCCOc2ccccn2)nc1N1CCc2ccccc2CC1. The highest BCUT2D eigenvalue weighted by Crippen LogP contribution is 2.30. The maximum Gasteiger partial charge on any atom is 0.422 e. The van der Waals surface area contributed by atoms with Gasteiger partial charge in [0.2, 0.25) is 17.7 Å². The Bertz CT molecular complexity index is 1160. The van der Waals surface area contributed by atoms with Gasteiger partial charge in [-0.1, -0.05) is 30.3 Å². The predicted octanol–water partition coefficient (Wildman–Crippen LogP) is 3.78. The first-order valence-electron chi connectivity index (χ1n) is 11.0. The molecule has 0 atom stereocenters. The highest BCUT2D eigenvalue weighted by molar-refractivity contribution is 5.61. The van der Waals surface area contributed by atoms with Crippen LogP contribution >= 0.6 is 0 Å². The molecular weight excluding hydrogens is 461 g/mol. The summed E-state index contributed by atoms with van der Waals surface area (Å²) < 4.78 is 49.0. The predicted molar refractivity (Wildman–Crippen MR) is 123 cm³/mol. The lowest BCUT2D eigenvalue weighted by molar-refractivity contribution is -0.154. The van der Waals surface area contributed by atoms with Crippen molar-refractivity contribution in [3.05, 3.63) is 65.4 Å². The Balaban J connectivity index is 1.55. The largest absolute Gasteiger partial charge is 0.476 e. The molecule has 0 saturated carbocycles. The molecule has 3 aromatic rings. The first-order valence-corrected chi connectivity index (χ1v) is 11.0. The molecule has 0 saturated heterocycles. The number of rotatable bonds is 8.